The summed E-state index contributed by atoms with van der Waals surface area (Å²) < 4.78 is 0. The van der Waals surface area contributed by atoms with Crippen molar-refractivity contribution < 1.29 is 4.79 Å². The topological polar surface area (TPSA) is 74.8 Å². The molecule has 0 spiro atoms. The molecule has 0 radical (unpaired) electrons. The molecule has 0 saturated carbocycles. The summed E-state index contributed by atoms with van der Waals surface area (Å²) in [5.74, 6) is -0.238. The number of halogens is 2. The van der Waals surface area contributed by atoms with Crippen molar-refractivity contribution in [3.05, 3.63) is 50.4 Å². The summed E-state index contributed by atoms with van der Waals surface area (Å²) in [5.41, 5.74) is 0.975. The Balaban J connectivity index is 2.08. The third-order valence-electron chi connectivity index (χ3n) is 2.92. The van der Waals surface area contributed by atoms with Crippen LogP contribution in [0, 0.1) is 0 Å². The van der Waals surface area contributed by atoms with E-state index in [1.165, 1.54) is 17.8 Å². The van der Waals surface area contributed by atoms with Crippen molar-refractivity contribution in [2.75, 3.05) is 5.32 Å². The van der Waals surface area contributed by atoms with E-state index in [4.69, 9.17) is 23.2 Å². The Morgan fingerprint density at radius 1 is 1.30 bits per heavy atom. The molecule has 0 aliphatic rings. The van der Waals surface area contributed by atoms with Crippen LogP contribution in [-0.4, -0.2) is 21.1 Å². The van der Waals surface area contributed by atoms with E-state index in [1.807, 2.05) is 6.92 Å². The molecule has 1 aromatic heterocycles. The van der Waals surface area contributed by atoms with Crippen molar-refractivity contribution in [3.63, 3.8) is 0 Å². The molecule has 1 atom stereocenters. The molecule has 1 amide bonds. The monoisotopic (exact) mass is 371 g/mol. The predicted molar refractivity (Wildman–Crippen MR) is 94.6 cm³/mol. The molecule has 1 unspecified atom stereocenters. The number of hydrogen-bond donors (Lipinski definition) is 2. The molecule has 122 valence electrons. The number of carbonyl (C=O) groups excluding carboxylic acids is 1. The number of carbonyl (C=O) groups is 1. The number of hydrogen-bond acceptors (Lipinski definition) is 4. The molecule has 5 nitrogen and oxygen atoms in total. The zero-order valence-electron chi connectivity index (χ0n) is 12.5. The van der Waals surface area contributed by atoms with Crippen LogP contribution in [0.1, 0.15) is 19.5 Å². The lowest BCUT2D eigenvalue weighted by Crippen LogP contribution is -2.23. The number of anilines is 1. The van der Waals surface area contributed by atoms with Gasteiger partial charge in [0.05, 0.1) is 5.25 Å². The predicted octanol–water partition coefficient (Wildman–Crippen LogP) is 3.76. The van der Waals surface area contributed by atoms with E-state index in [2.05, 4.69) is 15.3 Å². The zero-order chi connectivity index (χ0) is 17.0. The fourth-order valence-electron chi connectivity index (χ4n) is 1.81. The van der Waals surface area contributed by atoms with Gasteiger partial charge in [-0.05, 0) is 31.5 Å². The summed E-state index contributed by atoms with van der Waals surface area (Å²) in [6.07, 6.45) is 0.652. The first kappa shape index (κ1) is 17.8. The fourth-order valence-corrected chi connectivity index (χ4v) is 3.17. The number of H-pyrrole nitrogens is 1. The van der Waals surface area contributed by atoms with Crippen LogP contribution in [0.5, 0.6) is 0 Å². The Morgan fingerprint density at radius 3 is 2.57 bits per heavy atom. The molecular weight excluding hydrogens is 357 g/mol. The molecule has 0 bridgehead atoms. The van der Waals surface area contributed by atoms with Gasteiger partial charge in [0, 0.05) is 27.5 Å². The van der Waals surface area contributed by atoms with Crippen LogP contribution in [0.3, 0.4) is 0 Å². The van der Waals surface area contributed by atoms with Crippen LogP contribution >= 0.6 is 35.0 Å². The number of aryl methyl sites for hydroxylation is 1. The lowest BCUT2D eigenvalue weighted by Gasteiger charge is -2.12. The molecule has 2 aromatic rings. The van der Waals surface area contributed by atoms with Gasteiger partial charge in [-0.15, -0.1) is 0 Å². The van der Waals surface area contributed by atoms with Crippen molar-refractivity contribution >= 4 is 46.6 Å². The highest BCUT2D eigenvalue weighted by Crippen LogP contribution is 2.24. The minimum atomic E-state index is -0.456. The summed E-state index contributed by atoms with van der Waals surface area (Å²) in [7, 11) is 0. The Morgan fingerprint density at radius 2 is 1.96 bits per heavy atom. The van der Waals surface area contributed by atoms with Gasteiger partial charge in [-0.1, -0.05) is 41.9 Å². The molecule has 0 fully saturated rings. The van der Waals surface area contributed by atoms with Gasteiger partial charge < -0.3 is 10.3 Å². The Hall–Kier alpha value is -1.50. The SMILES string of the molecule is CCc1cc(=O)[nH]c(SC(C)C(=O)Nc2cc(Cl)cc(Cl)c2)n1. The Kier molecular flexibility index (Phi) is 6.10. The standard InChI is InChI=1S/C15H15Cl2N3O2S/c1-3-11-7-13(21)20-15(19-11)23-8(2)14(22)18-12-5-9(16)4-10(17)6-12/h4-8H,3H2,1-2H3,(H,18,22)(H,19,20,21). The van der Waals surface area contributed by atoms with Gasteiger partial charge in [-0.25, -0.2) is 4.98 Å². The van der Waals surface area contributed by atoms with Gasteiger partial charge in [0.1, 0.15) is 0 Å². The molecule has 0 saturated heterocycles. The van der Waals surface area contributed by atoms with Crippen LogP contribution in [0.4, 0.5) is 5.69 Å². The third kappa shape index (κ3) is 5.27. The van der Waals surface area contributed by atoms with Gasteiger partial charge >= 0.3 is 0 Å². The number of aromatic amines is 1. The average Bonchev–Trinajstić information content (AvgIpc) is 2.45. The second kappa shape index (κ2) is 7.86. The third-order valence-corrected chi connectivity index (χ3v) is 4.34. The van der Waals surface area contributed by atoms with Crippen LogP contribution in [0.15, 0.2) is 34.2 Å². The van der Waals surface area contributed by atoms with Crippen LogP contribution in [-0.2, 0) is 11.2 Å². The van der Waals surface area contributed by atoms with Crippen molar-refractivity contribution in [2.45, 2.75) is 30.7 Å². The van der Waals surface area contributed by atoms with E-state index in [-0.39, 0.29) is 11.5 Å². The number of nitrogens with one attached hydrogen (secondary N) is 2. The second-order valence-corrected chi connectivity index (χ2v) is 7.01. The minimum absolute atomic E-state index is 0.228. The molecular formula is C15H15Cl2N3O2S. The van der Waals surface area contributed by atoms with E-state index < -0.39 is 5.25 Å². The number of amides is 1. The number of thioether (sulfide) groups is 1. The van der Waals surface area contributed by atoms with E-state index >= 15 is 0 Å². The van der Waals surface area contributed by atoms with Crippen molar-refractivity contribution in [2.24, 2.45) is 0 Å². The number of aromatic nitrogens is 2. The molecule has 1 aromatic carbocycles. The lowest BCUT2D eigenvalue weighted by molar-refractivity contribution is -0.115. The van der Waals surface area contributed by atoms with Gasteiger partial charge in [-0.3, -0.25) is 9.59 Å². The van der Waals surface area contributed by atoms with Gasteiger partial charge in [0.15, 0.2) is 5.16 Å². The number of nitrogens with zero attached hydrogens (tertiary/aromatic N) is 1. The highest BCUT2D eigenvalue weighted by molar-refractivity contribution is 8.00. The van der Waals surface area contributed by atoms with Crippen LogP contribution < -0.4 is 10.9 Å². The molecule has 2 rings (SSSR count). The lowest BCUT2D eigenvalue weighted by atomic mass is 10.3. The first-order valence-corrected chi connectivity index (χ1v) is 8.54. The number of benzene rings is 1. The normalized spacial score (nSPS) is 12.0. The summed E-state index contributed by atoms with van der Waals surface area (Å²) >= 11 is 13.0. The van der Waals surface area contributed by atoms with E-state index in [0.29, 0.717) is 33.0 Å². The van der Waals surface area contributed by atoms with Crippen molar-refractivity contribution in [1.82, 2.24) is 9.97 Å². The molecule has 0 aliphatic heterocycles. The summed E-state index contributed by atoms with van der Waals surface area (Å²) in [6.45, 7) is 3.64. The first-order valence-electron chi connectivity index (χ1n) is 6.91. The fraction of sp³-hybridized carbons (Fsp3) is 0.267. The van der Waals surface area contributed by atoms with E-state index in [0.717, 1.165) is 0 Å². The smallest absolute Gasteiger partial charge is 0.251 e. The molecule has 0 aliphatic carbocycles. The highest BCUT2D eigenvalue weighted by Gasteiger charge is 2.16. The molecule has 8 heteroatoms. The Bertz CT molecular complexity index is 759. The summed E-state index contributed by atoms with van der Waals surface area (Å²) in [4.78, 5) is 30.7. The van der Waals surface area contributed by atoms with E-state index in [1.54, 1.807) is 25.1 Å². The van der Waals surface area contributed by atoms with Crippen LogP contribution in [0.2, 0.25) is 10.0 Å². The highest BCUT2D eigenvalue weighted by atomic mass is 35.5. The van der Waals surface area contributed by atoms with E-state index in [9.17, 15) is 9.59 Å². The van der Waals surface area contributed by atoms with Crippen molar-refractivity contribution in [1.29, 1.82) is 0 Å². The largest absolute Gasteiger partial charge is 0.325 e. The van der Waals surface area contributed by atoms with Gasteiger partial charge in [0.25, 0.3) is 5.56 Å². The minimum Gasteiger partial charge on any atom is -0.325 e. The Labute approximate surface area is 147 Å². The van der Waals surface area contributed by atoms with Gasteiger partial charge in [0.2, 0.25) is 5.91 Å². The quantitative estimate of drug-likeness (QED) is 0.619. The zero-order valence-corrected chi connectivity index (χ0v) is 14.9. The first-order chi connectivity index (χ1) is 10.9. The maximum atomic E-state index is 12.2. The van der Waals surface area contributed by atoms with Gasteiger partial charge in [-0.2, -0.15) is 0 Å². The molecule has 23 heavy (non-hydrogen) atoms. The van der Waals surface area contributed by atoms with Crippen molar-refractivity contribution in [3.8, 4) is 0 Å². The number of rotatable bonds is 5. The average molecular weight is 372 g/mol. The maximum absolute atomic E-state index is 12.2. The molecule has 2 N–H and O–H groups in total. The molecule has 1 heterocycles. The second-order valence-electron chi connectivity index (χ2n) is 4.80. The van der Waals surface area contributed by atoms with Crippen LogP contribution in [0.25, 0.3) is 0 Å². The maximum Gasteiger partial charge on any atom is 0.251 e. The summed E-state index contributed by atoms with van der Waals surface area (Å²) in [6, 6.07) is 6.26. The summed E-state index contributed by atoms with van der Waals surface area (Å²) in [5, 5.41) is 3.58.